The zero-order chi connectivity index (χ0) is 16.3. The molecule has 1 atom stereocenters. The van der Waals surface area contributed by atoms with Crippen molar-refractivity contribution in [2.24, 2.45) is 5.16 Å². The summed E-state index contributed by atoms with van der Waals surface area (Å²) in [4.78, 5) is 9.88. The van der Waals surface area contributed by atoms with Gasteiger partial charge >= 0.3 is 0 Å². The van der Waals surface area contributed by atoms with Crippen molar-refractivity contribution in [3.63, 3.8) is 0 Å². The highest BCUT2D eigenvalue weighted by atomic mass is 35.5. The fraction of sp³-hybridized carbons (Fsp3) is 0.333. The third kappa shape index (κ3) is 3.54. The van der Waals surface area contributed by atoms with E-state index < -0.39 is 5.60 Å². The van der Waals surface area contributed by atoms with Gasteiger partial charge in [-0.1, -0.05) is 34.4 Å². The van der Waals surface area contributed by atoms with E-state index in [-0.39, 0.29) is 5.92 Å². The number of hydrogen-bond donors (Lipinski definition) is 1. The van der Waals surface area contributed by atoms with Gasteiger partial charge < -0.3 is 10.0 Å². The lowest BCUT2D eigenvalue weighted by atomic mass is 9.81. The van der Waals surface area contributed by atoms with Gasteiger partial charge in [0.15, 0.2) is 0 Å². The van der Waals surface area contributed by atoms with Crippen molar-refractivity contribution in [3.05, 3.63) is 52.5 Å². The molecule has 0 bridgehead atoms. The topological polar surface area (TPSA) is 59.6 Å². The molecule has 0 aliphatic carbocycles. The number of benzene rings is 1. The second kappa shape index (κ2) is 6.58. The Morgan fingerprint density at radius 2 is 2.14 bits per heavy atom. The summed E-state index contributed by atoms with van der Waals surface area (Å²) in [5.41, 5.74) is 0.509. The first-order valence-corrected chi connectivity index (χ1v) is 7.41. The van der Waals surface area contributed by atoms with Gasteiger partial charge in [0.1, 0.15) is 11.9 Å². The molecule has 5 nitrogen and oxygen atoms in total. The Balaban J connectivity index is 2.45. The number of oxime groups is 1. The van der Waals surface area contributed by atoms with Crippen molar-refractivity contribution in [2.45, 2.75) is 32.3 Å². The SMILES string of the molecule is CC(=NO)C(c1ccc(Cl)cc1Cl)C(C)(C)On1ccnc1. The smallest absolute Gasteiger partial charge is 0.142 e. The molecule has 0 amide bonds. The Morgan fingerprint density at radius 1 is 1.41 bits per heavy atom. The summed E-state index contributed by atoms with van der Waals surface area (Å²) < 4.78 is 1.50. The lowest BCUT2D eigenvalue weighted by Gasteiger charge is -2.34. The molecule has 0 aliphatic heterocycles. The zero-order valence-electron chi connectivity index (χ0n) is 12.5. The Kier molecular flexibility index (Phi) is 4.98. The van der Waals surface area contributed by atoms with E-state index in [1.807, 2.05) is 19.9 Å². The number of imidazole rings is 1. The third-order valence-electron chi connectivity index (χ3n) is 3.37. The van der Waals surface area contributed by atoms with Gasteiger partial charge in [-0.05, 0) is 38.5 Å². The molecule has 2 rings (SSSR count). The van der Waals surface area contributed by atoms with Crippen molar-refractivity contribution >= 4 is 28.9 Å². The summed E-state index contributed by atoms with van der Waals surface area (Å²) in [7, 11) is 0. The Hall–Kier alpha value is -1.72. The first-order chi connectivity index (χ1) is 10.3. The van der Waals surface area contributed by atoms with E-state index in [0.29, 0.717) is 15.8 Å². The van der Waals surface area contributed by atoms with Gasteiger partial charge in [-0.3, -0.25) is 0 Å². The molecular formula is C15H17Cl2N3O2. The van der Waals surface area contributed by atoms with Crippen molar-refractivity contribution < 1.29 is 10.0 Å². The van der Waals surface area contributed by atoms with Crippen LogP contribution in [0.3, 0.4) is 0 Å². The van der Waals surface area contributed by atoms with Crippen LogP contribution in [0.1, 0.15) is 32.3 Å². The van der Waals surface area contributed by atoms with Crippen LogP contribution in [0, 0.1) is 0 Å². The van der Waals surface area contributed by atoms with Crippen LogP contribution < -0.4 is 4.84 Å². The fourth-order valence-corrected chi connectivity index (χ4v) is 3.04. The Morgan fingerprint density at radius 3 is 2.68 bits per heavy atom. The fourth-order valence-electron chi connectivity index (χ4n) is 2.52. The van der Waals surface area contributed by atoms with Crippen LogP contribution in [-0.2, 0) is 0 Å². The van der Waals surface area contributed by atoms with E-state index in [1.165, 1.54) is 4.73 Å². The molecule has 1 aromatic carbocycles. The van der Waals surface area contributed by atoms with Gasteiger partial charge in [-0.2, -0.15) is 4.73 Å². The standard InChI is InChI=1S/C15H17Cl2N3O2/c1-10(19-21)14(12-5-4-11(16)8-13(12)17)15(2,3)22-20-7-6-18-9-20/h4-9,14,21H,1-3H3. The molecule has 0 radical (unpaired) electrons. The average Bonchev–Trinajstić information content (AvgIpc) is 2.93. The number of aromatic nitrogens is 2. The van der Waals surface area contributed by atoms with Gasteiger partial charge in [0, 0.05) is 16.2 Å². The van der Waals surface area contributed by atoms with E-state index in [0.717, 1.165) is 5.56 Å². The normalized spacial score (nSPS) is 14.0. The van der Waals surface area contributed by atoms with Crippen molar-refractivity contribution in [1.82, 2.24) is 9.71 Å². The number of rotatable bonds is 5. The third-order valence-corrected chi connectivity index (χ3v) is 3.93. The highest BCUT2D eigenvalue weighted by Crippen LogP contribution is 2.36. The molecule has 0 saturated carbocycles. The predicted molar refractivity (Wildman–Crippen MR) is 87.0 cm³/mol. The quantitative estimate of drug-likeness (QED) is 0.507. The lowest BCUT2D eigenvalue weighted by Crippen LogP contribution is -2.43. The van der Waals surface area contributed by atoms with Crippen LogP contribution in [-0.4, -0.2) is 26.2 Å². The highest BCUT2D eigenvalue weighted by Gasteiger charge is 2.37. The van der Waals surface area contributed by atoms with Crippen LogP contribution in [0.25, 0.3) is 0 Å². The number of nitrogens with zero attached hydrogens (tertiary/aromatic N) is 3. The monoisotopic (exact) mass is 341 g/mol. The summed E-state index contributed by atoms with van der Waals surface area (Å²) in [6, 6.07) is 5.21. The van der Waals surface area contributed by atoms with E-state index in [9.17, 15) is 5.21 Å². The maximum atomic E-state index is 9.25. The van der Waals surface area contributed by atoms with Crippen LogP contribution in [0.5, 0.6) is 0 Å². The molecule has 1 heterocycles. The molecule has 0 fully saturated rings. The number of hydrogen-bond acceptors (Lipinski definition) is 4. The number of halogens is 2. The molecule has 0 aliphatic rings. The molecule has 22 heavy (non-hydrogen) atoms. The largest absolute Gasteiger partial charge is 0.411 e. The van der Waals surface area contributed by atoms with Gasteiger partial charge in [-0.25, -0.2) is 4.98 Å². The second-order valence-electron chi connectivity index (χ2n) is 5.46. The van der Waals surface area contributed by atoms with Gasteiger partial charge in [0.05, 0.1) is 17.8 Å². The minimum atomic E-state index is -0.742. The van der Waals surface area contributed by atoms with Gasteiger partial charge in [-0.15, -0.1) is 0 Å². The van der Waals surface area contributed by atoms with Gasteiger partial charge in [0.25, 0.3) is 0 Å². The second-order valence-corrected chi connectivity index (χ2v) is 6.30. The van der Waals surface area contributed by atoms with Gasteiger partial charge in [0.2, 0.25) is 0 Å². The molecule has 1 aromatic heterocycles. The van der Waals surface area contributed by atoms with E-state index >= 15 is 0 Å². The lowest BCUT2D eigenvalue weighted by molar-refractivity contribution is -0.0350. The van der Waals surface area contributed by atoms with E-state index in [2.05, 4.69) is 10.1 Å². The average molecular weight is 342 g/mol. The molecular weight excluding hydrogens is 325 g/mol. The van der Waals surface area contributed by atoms with Crippen LogP contribution in [0.2, 0.25) is 10.0 Å². The predicted octanol–water partition coefficient (Wildman–Crippen LogP) is 4.03. The van der Waals surface area contributed by atoms with Crippen molar-refractivity contribution in [3.8, 4) is 0 Å². The Bertz CT molecular complexity index is 669. The van der Waals surface area contributed by atoms with E-state index in [1.54, 1.807) is 37.8 Å². The summed E-state index contributed by atoms with van der Waals surface area (Å²) in [6.45, 7) is 5.49. The maximum Gasteiger partial charge on any atom is 0.142 e. The zero-order valence-corrected chi connectivity index (χ0v) is 14.0. The van der Waals surface area contributed by atoms with Crippen LogP contribution in [0.15, 0.2) is 42.1 Å². The summed E-state index contributed by atoms with van der Waals surface area (Å²) in [6.07, 6.45) is 4.86. The first-order valence-electron chi connectivity index (χ1n) is 6.66. The molecule has 1 unspecified atom stereocenters. The molecule has 0 spiro atoms. The molecule has 118 valence electrons. The maximum absolute atomic E-state index is 9.25. The molecule has 2 aromatic rings. The molecule has 7 heteroatoms. The summed E-state index contributed by atoms with van der Waals surface area (Å²) in [5.74, 6) is -0.371. The minimum Gasteiger partial charge on any atom is -0.411 e. The highest BCUT2D eigenvalue weighted by molar-refractivity contribution is 6.35. The van der Waals surface area contributed by atoms with Crippen molar-refractivity contribution in [1.29, 1.82) is 0 Å². The summed E-state index contributed by atoms with van der Waals surface area (Å²) in [5, 5.41) is 13.6. The molecule has 1 N–H and O–H groups in total. The van der Waals surface area contributed by atoms with Crippen molar-refractivity contribution in [2.75, 3.05) is 0 Å². The minimum absolute atomic E-state index is 0.371. The first kappa shape index (κ1) is 16.6. The Labute approximate surface area is 139 Å². The van der Waals surface area contributed by atoms with Crippen LogP contribution >= 0.6 is 23.2 Å². The molecule has 0 saturated heterocycles. The van der Waals surface area contributed by atoms with E-state index in [4.69, 9.17) is 28.0 Å². The van der Waals surface area contributed by atoms with Crippen LogP contribution in [0.4, 0.5) is 0 Å². The summed E-state index contributed by atoms with van der Waals surface area (Å²) >= 11 is 12.3.